The van der Waals surface area contributed by atoms with Crippen LogP contribution in [0.2, 0.25) is 28.2 Å². The number of hydrogen-bond donors (Lipinski definition) is 1. The van der Waals surface area contributed by atoms with Crippen molar-refractivity contribution in [2.75, 3.05) is 6.54 Å². The van der Waals surface area contributed by atoms with E-state index in [2.05, 4.69) is 61.4 Å². The Kier molecular flexibility index (Phi) is 7.57. The maximum atomic E-state index is 6.83. The van der Waals surface area contributed by atoms with Crippen LogP contribution in [0.3, 0.4) is 0 Å². The van der Waals surface area contributed by atoms with Gasteiger partial charge in [0.15, 0.2) is 8.32 Å². The van der Waals surface area contributed by atoms with Crippen molar-refractivity contribution in [1.82, 2.24) is 10.3 Å². The maximum absolute atomic E-state index is 6.83. The Hall–Kier alpha value is -0.913. The Morgan fingerprint density at radius 2 is 1.68 bits per heavy atom. The fourth-order valence-electron chi connectivity index (χ4n) is 3.98. The Morgan fingerprint density at radius 1 is 1.07 bits per heavy atom. The molecule has 0 radical (unpaired) electrons. The van der Waals surface area contributed by atoms with Gasteiger partial charge < -0.3 is 9.74 Å². The van der Waals surface area contributed by atoms with E-state index < -0.39 is 8.32 Å². The van der Waals surface area contributed by atoms with Crippen LogP contribution < -0.4 is 5.32 Å². The van der Waals surface area contributed by atoms with Gasteiger partial charge in [-0.3, -0.25) is 4.98 Å². The van der Waals surface area contributed by atoms with Crippen LogP contribution in [0.25, 0.3) is 0 Å². The normalized spacial score (nSPS) is 20.2. The second-order valence-corrected chi connectivity index (χ2v) is 13.2. The van der Waals surface area contributed by atoms with Crippen molar-refractivity contribution in [3.05, 3.63) is 63.9 Å². The van der Waals surface area contributed by atoms with E-state index >= 15 is 0 Å². The van der Waals surface area contributed by atoms with Gasteiger partial charge in [-0.25, -0.2) is 0 Å². The second kappa shape index (κ2) is 9.73. The van der Waals surface area contributed by atoms with E-state index in [0.29, 0.717) is 28.5 Å². The van der Waals surface area contributed by atoms with E-state index in [9.17, 15) is 0 Å². The highest BCUT2D eigenvalue weighted by atomic mass is 35.5. The number of benzene rings is 1. The molecule has 1 saturated carbocycles. The molecule has 0 amide bonds. The lowest BCUT2D eigenvalue weighted by Crippen LogP contribution is -2.40. The summed E-state index contributed by atoms with van der Waals surface area (Å²) in [6, 6.07) is 14.4. The monoisotopic (exact) mass is 436 g/mol. The first kappa shape index (κ1) is 21.8. The second-order valence-electron chi connectivity index (χ2n) is 7.63. The van der Waals surface area contributed by atoms with Gasteiger partial charge in [-0.1, -0.05) is 74.3 Å². The van der Waals surface area contributed by atoms with E-state index in [4.69, 9.17) is 27.6 Å². The molecule has 1 aliphatic rings. The van der Waals surface area contributed by atoms with Crippen molar-refractivity contribution in [1.29, 1.82) is 0 Å². The van der Waals surface area contributed by atoms with Crippen LogP contribution in [0.1, 0.15) is 50.3 Å². The van der Waals surface area contributed by atoms with Gasteiger partial charge in [0.1, 0.15) is 0 Å². The molecule has 1 N–H and O–H groups in total. The van der Waals surface area contributed by atoms with Crippen LogP contribution in [-0.2, 0) is 4.43 Å². The predicted octanol–water partition coefficient (Wildman–Crippen LogP) is 6.60. The summed E-state index contributed by atoms with van der Waals surface area (Å²) in [6.07, 6.45) is 4.34. The molecule has 1 aromatic heterocycles. The molecule has 1 aliphatic carbocycles. The summed E-state index contributed by atoms with van der Waals surface area (Å²) in [5.41, 5.74) is 2.27. The molecule has 1 aromatic carbocycles. The van der Waals surface area contributed by atoms with Crippen molar-refractivity contribution in [3.63, 3.8) is 0 Å². The highest BCUT2D eigenvalue weighted by molar-refractivity contribution is 6.73. The Bertz CT molecular complexity index is 742. The summed E-state index contributed by atoms with van der Waals surface area (Å²) >= 11 is 13.0. The van der Waals surface area contributed by atoms with Crippen molar-refractivity contribution in [3.8, 4) is 0 Å². The summed E-state index contributed by atoms with van der Waals surface area (Å²) in [5.74, 6) is 0.579. The van der Waals surface area contributed by atoms with Crippen LogP contribution >= 0.6 is 23.2 Å². The Morgan fingerprint density at radius 3 is 2.25 bits per heavy atom. The Labute approximate surface area is 179 Å². The zero-order chi connectivity index (χ0) is 20.1. The quantitative estimate of drug-likeness (QED) is 0.426. The number of hydrogen-bond acceptors (Lipinski definition) is 3. The highest BCUT2D eigenvalue weighted by Crippen LogP contribution is 2.42. The first-order valence-electron chi connectivity index (χ1n) is 10.3. The van der Waals surface area contributed by atoms with E-state index in [1.54, 1.807) is 12.4 Å². The number of pyridine rings is 1. The van der Waals surface area contributed by atoms with Gasteiger partial charge >= 0.3 is 0 Å². The smallest absolute Gasteiger partial charge is 0.192 e. The molecular formula is C22H30Cl2N2OSi. The summed E-state index contributed by atoms with van der Waals surface area (Å²) < 4.78 is 6.83. The molecule has 0 spiro atoms. The lowest BCUT2D eigenvalue weighted by atomic mass is 10.1. The van der Waals surface area contributed by atoms with Crippen LogP contribution in [0.4, 0.5) is 0 Å². The minimum atomic E-state index is -1.82. The zero-order valence-corrected chi connectivity index (χ0v) is 19.4. The van der Waals surface area contributed by atoms with E-state index in [1.165, 1.54) is 5.56 Å². The lowest BCUT2D eigenvalue weighted by Gasteiger charge is -2.34. The van der Waals surface area contributed by atoms with Crippen LogP contribution in [0.5, 0.6) is 0 Å². The van der Waals surface area contributed by atoms with Gasteiger partial charge in [0.25, 0.3) is 0 Å². The first-order chi connectivity index (χ1) is 13.5. The van der Waals surface area contributed by atoms with Gasteiger partial charge in [-0.05, 0) is 30.1 Å². The number of rotatable bonds is 10. The summed E-state index contributed by atoms with van der Waals surface area (Å²) in [4.78, 5) is 4.11. The number of nitrogens with zero attached hydrogens (tertiary/aromatic N) is 1. The fourth-order valence-corrected chi connectivity index (χ4v) is 7.39. The van der Waals surface area contributed by atoms with E-state index in [1.807, 2.05) is 0 Å². The highest BCUT2D eigenvalue weighted by Gasteiger charge is 2.39. The van der Waals surface area contributed by atoms with Gasteiger partial charge in [0.2, 0.25) is 0 Å². The van der Waals surface area contributed by atoms with E-state index in [-0.39, 0.29) is 6.10 Å². The van der Waals surface area contributed by atoms with Crippen molar-refractivity contribution in [2.24, 2.45) is 0 Å². The van der Waals surface area contributed by atoms with Crippen molar-refractivity contribution in [2.45, 2.75) is 63.4 Å². The number of halogens is 2. The third-order valence-electron chi connectivity index (χ3n) is 6.12. The van der Waals surface area contributed by atoms with Gasteiger partial charge in [0, 0.05) is 36.5 Å². The zero-order valence-electron chi connectivity index (χ0n) is 16.9. The number of nitrogens with one attached hydrogen (secondary N) is 1. The Balaban J connectivity index is 1.75. The third kappa shape index (κ3) is 4.98. The van der Waals surface area contributed by atoms with Crippen molar-refractivity contribution >= 4 is 31.5 Å². The molecule has 152 valence electrons. The van der Waals surface area contributed by atoms with Crippen LogP contribution in [0, 0.1) is 0 Å². The van der Waals surface area contributed by atoms with Crippen LogP contribution in [0.15, 0.2) is 42.7 Å². The molecule has 3 nitrogen and oxygen atoms in total. The molecule has 0 aliphatic heterocycles. The third-order valence-corrected chi connectivity index (χ3v) is 11.4. The summed E-state index contributed by atoms with van der Waals surface area (Å²) in [6.45, 7) is 7.44. The average Bonchev–Trinajstić information content (AvgIpc) is 3.50. The molecule has 1 heterocycles. The SMILES string of the molecule is CC[Si](CC)(CC)OC(CN[C@H]1C[C@@H]1c1ccccc1)c1c(Cl)cncc1Cl. The molecule has 1 fully saturated rings. The molecular weight excluding hydrogens is 407 g/mol. The minimum absolute atomic E-state index is 0.147. The standard InChI is InChI=1S/C22H30Cl2N2OSi/c1-4-28(5-2,6-3)27-21(22-18(23)13-25-14-19(22)24)15-26-20-12-17(20)16-10-8-7-9-11-16/h7-11,13-14,17,20-21,26H,4-6,12,15H2,1-3H3/t17-,20+,21?/m1/s1. The van der Waals surface area contributed by atoms with Crippen LogP contribution in [-0.4, -0.2) is 25.9 Å². The van der Waals surface area contributed by atoms with Gasteiger partial charge in [0.05, 0.1) is 16.1 Å². The minimum Gasteiger partial charge on any atom is -0.409 e. The maximum Gasteiger partial charge on any atom is 0.192 e. The topological polar surface area (TPSA) is 34.1 Å². The lowest BCUT2D eigenvalue weighted by molar-refractivity contribution is 0.185. The predicted molar refractivity (Wildman–Crippen MR) is 121 cm³/mol. The molecule has 0 bridgehead atoms. The summed E-state index contributed by atoms with van der Waals surface area (Å²) in [7, 11) is -1.82. The molecule has 3 rings (SSSR count). The molecule has 1 unspecified atom stereocenters. The number of aromatic nitrogens is 1. The molecule has 3 atom stereocenters. The van der Waals surface area contributed by atoms with Gasteiger partial charge in [-0.15, -0.1) is 0 Å². The molecule has 28 heavy (non-hydrogen) atoms. The van der Waals surface area contributed by atoms with E-state index in [0.717, 1.165) is 30.1 Å². The molecule has 2 aromatic rings. The van der Waals surface area contributed by atoms with Crippen molar-refractivity contribution < 1.29 is 4.43 Å². The first-order valence-corrected chi connectivity index (χ1v) is 13.6. The fraction of sp³-hybridized carbons (Fsp3) is 0.500. The largest absolute Gasteiger partial charge is 0.409 e. The average molecular weight is 437 g/mol. The molecule has 6 heteroatoms. The summed E-state index contributed by atoms with van der Waals surface area (Å²) in [5, 5.41) is 4.88. The van der Waals surface area contributed by atoms with Gasteiger partial charge in [-0.2, -0.15) is 0 Å². The molecule has 0 saturated heterocycles.